The summed E-state index contributed by atoms with van der Waals surface area (Å²) in [6, 6.07) is 6.92. The van der Waals surface area contributed by atoms with E-state index in [1.165, 1.54) is 23.5 Å². The van der Waals surface area contributed by atoms with Gasteiger partial charge in [-0.3, -0.25) is 0 Å². The molecule has 1 aromatic heterocycles. The second kappa shape index (κ2) is 5.25. The van der Waals surface area contributed by atoms with Gasteiger partial charge >= 0.3 is 0 Å². The lowest BCUT2D eigenvalue weighted by Crippen LogP contribution is -2.12. The first kappa shape index (κ1) is 12.0. The lowest BCUT2D eigenvalue weighted by Gasteiger charge is -2.11. The van der Waals surface area contributed by atoms with E-state index in [0.717, 1.165) is 10.9 Å². The maximum Gasteiger partial charge on any atom is 0.149 e. The Morgan fingerprint density at radius 1 is 1.29 bits per heavy atom. The zero-order valence-electron chi connectivity index (χ0n) is 8.86. The SMILES string of the molecule is OC(CNc1ccc(F)cc1F)c1cccs1. The molecule has 0 radical (unpaired) electrons. The largest absolute Gasteiger partial charge is 0.386 e. The molecule has 1 heterocycles. The first-order valence-corrected chi connectivity index (χ1v) is 5.95. The molecular formula is C12H11F2NOS. The highest BCUT2D eigenvalue weighted by atomic mass is 32.1. The van der Waals surface area contributed by atoms with Crippen molar-refractivity contribution in [2.24, 2.45) is 0 Å². The van der Waals surface area contributed by atoms with E-state index < -0.39 is 17.7 Å². The molecule has 1 atom stereocenters. The van der Waals surface area contributed by atoms with Crippen LogP contribution in [0, 0.1) is 11.6 Å². The molecule has 0 aliphatic heterocycles. The standard InChI is InChI=1S/C12H11F2NOS/c13-8-3-4-10(9(14)6-8)15-7-11(16)12-2-1-5-17-12/h1-6,11,15-16H,7H2. The highest BCUT2D eigenvalue weighted by Crippen LogP contribution is 2.20. The number of hydrogen-bond acceptors (Lipinski definition) is 3. The maximum atomic E-state index is 13.3. The van der Waals surface area contributed by atoms with E-state index >= 15 is 0 Å². The van der Waals surface area contributed by atoms with Crippen LogP contribution in [-0.2, 0) is 0 Å². The zero-order valence-corrected chi connectivity index (χ0v) is 9.68. The number of hydrogen-bond donors (Lipinski definition) is 2. The summed E-state index contributed by atoms with van der Waals surface area (Å²) < 4.78 is 25.9. The molecule has 0 fully saturated rings. The number of aliphatic hydroxyl groups is 1. The minimum absolute atomic E-state index is 0.182. The average molecular weight is 255 g/mol. The van der Waals surface area contributed by atoms with Crippen molar-refractivity contribution < 1.29 is 13.9 Å². The van der Waals surface area contributed by atoms with Gasteiger partial charge in [0, 0.05) is 17.5 Å². The Labute approximate surface area is 102 Å². The summed E-state index contributed by atoms with van der Waals surface area (Å²) in [4.78, 5) is 0.806. The van der Waals surface area contributed by atoms with Gasteiger partial charge < -0.3 is 10.4 Å². The Morgan fingerprint density at radius 2 is 2.12 bits per heavy atom. The van der Waals surface area contributed by atoms with Crippen molar-refractivity contribution in [1.29, 1.82) is 0 Å². The molecule has 0 bridgehead atoms. The third-order valence-corrected chi connectivity index (χ3v) is 3.26. The molecule has 17 heavy (non-hydrogen) atoms. The van der Waals surface area contributed by atoms with Crippen LogP contribution in [-0.4, -0.2) is 11.7 Å². The predicted molar refractivity (Wildman–Crippen MR) is 64.1 cm³/mol. The molecular weight excluding hydrogens is 244 g/mol. The molecule has 0 aliphatic rings. The van der Waals surface area contributed by atoms with Gasteiger partial charge in [-0.1, -0.05) is 6.07 Å². The maximum absolute atomic E-state index is 13.3. The Bertz CT molecular complexity index is 487. The first-order chi connectivity index (χ1) is 8.16. The molecule has 0 aliphatic carbocycles. The third kappa shape index (κ3) is 3.01. The van der Waals surface area contributed by atoms with Crippen LogP contribution >= 0.6 is 11.3 Å². The van der Waals surface area contributed by atoms with Crippen molar-refractivity contribution >= 4 is 17.0 Å². The second-order valence-corrected chi connectivity index (χ2v) is 4.52. The lowest BCUT2D eigenvalue weighted by atomic mass is 10.2. The van der Waals surface area contributed by atoms with E-state index in [9.17, 15) is 13.9 Å². The molecule has 0 amide bonds. The normalized spacial score (nSPS) is 12.4. The Hall–Kier alpha value is -1.46. The van der Waals surface area contributed by atoms with Crippen molar-refractivity contribution in [3.63, 3.8) is 0 Å². The Morgan fingerprint density at radius 3 is 2.76 bits per heavy atom. The highest BCUT2D eigenvalue weighted by molar-refractivity contribution is 7.10. The number of benzene rings is 1. The van der Waals surface area contributed by atoms with Crippen LogP contribution in [0.1, 0.15) is 11.0 Å². The molecule has 1 aromatic carbocycles. The van der Waals surface area contributed by atoms with Gasteiger partial charge in [0.2, 0.25) is 0 Å². The van der Waals surface area contributed by atoms with Gasteiger partial charge in [-0.2, -0.15) is 0 Å². The number of nitrogens with one attached hydrogen (secondary N) is 1. The highest BCUT2D eigenvalue weighted by Gasteiger charge is 2.09. The number of rotatable bonds is 4. The molecule has 2 nitrogen and oxygen atoms in total. The van der Waals surface area contributed by atoms with Gasteiger partial charge in [0.25, 0.3) is 0 Å². The molecule has 0 saturated carbocycles. The van der Waals surface area contributed by atoms with Crippen molar-refractivity contribution in [2.45, 2.75) is 6.10 Å². The van der Waals surface area contributed by atoms with Crippen molar-refractivity contribution in [2.75, 3.05) is 11.9 Å². The minimum Gasteiger partial charge on any atom is -0.386 e. The van der Waals surface area contributed by atoms with Gasteiger partial charge in [0.1, 0.15) is 17.7 Å². The summed E-state index contributed by atoms with van der Waals surface area (Å²) in [5.74, 6) is -1.28. The number of anilines is 1. The monoisotopic (exact) mass is 255 g/mol. The molecule has 0 saturated heterocycles. The summed E-state index contributed by atoms with van der Waals surface area (Å²) in [7, 11) is 0. The molecule has 2 N–H and O–H groups in total. The van der Waals surface area contributed by atoms with Crippen molar-refractivity contribution in [3.8, 4) is 0 Å². The summed E-state index contributed by atoms with van der Waals surface area (Å²) in [6.45, 7) is 0.184. The van der Waals surface area contributed by atoms with Gasteiger partial charge in [0.05, 0.1) is 5.69 Å². The van der Waals surface area contributed by atoms with E-state index in [1.54, 1.807) is 6.07 Å². The van der Waals surface area contributed by atoms with Gasteiger partial charge in [-0.05, 0) is 23.6 Å². The van der Waals surface area contributed by atoms with Gasteiger partial charge in [-0.25, -0.2) is 8.78 Å². The van der Waals surface area contributed by atoms with Gasteiger partial charge in [-0.15, -0.1) is 11.3 Å². The average Bonchev–Trinajstić information content (AvgIpc) is 2.81. The number of aliphatic hydroxyl groups excluding tert-OH is 1. The topological polar surface area (TPSA) is 32.3 Å². The number of halogens is 2. The molecule has 2 aromatic rings. The molecule has 5 heteroatoms. The molecule has 1 unspecified atom stereocenters. The third-order valence-electron chi connectivity index (χ3n) is 2.29. The fourth-order valence-electron chi connectivity index (χ4n) is 1.42. The summed E-state index contributed by atoms with van der Waals surface area (Å²) in [6.07, 6.45) is -0.695. The fraction of sp³-hybridized carbons (Fsp3) is 0.167. The van der Waals surface area contributed by atoms with E-state index in [1.807, 2.05) is 11.4 Å². The quantitative estimate of drug-likeness (QED) is 0.879. The van der Waals surface area contributed by atoms with E-state index in [4.69, 9.17) is 0 Å². The molecule has 90 valence electrons. The van der Waals surface area contributed by atoms with Crippen LogP contribution in [0.5, 0.6) is 0 Å². The van der Waals surface area contributed by atoms with Gasteiger partial charge in [0.15, 0.2) is 0 Å². The Balaban J connectivity index is 1.98. The summed E-state index contributed by atoms with van der Waals surface area (Å²) in [5, 5.41) is 14.4. The smallest absolute Gasteiger partial charge is 0.149 e. The van der Waals surface area contributed by atoms with Crippen LogP contribution < -0.4 is 5.32 Å². The lowest BCUT2D eigenvalue weighted by molar-refractivity contribution is 0.195. The van der Waals surface area contributed by atoms with E-state index in [0.29, 0.717) is 0 Å². The van der Waals surface area contributed by atoms with E-state index in [-0.39, 0.29) is 12.2 Å². The minimum atomic E-state index is -0.695. The molecule has 0 spiro atoms. The molecule has 2 rings (SSSR count). The fourth-order valence-corrected chi connectivity index (χ4v) is 2.13. The van der Waals surface area contributed by atoms with Crippen LogP contribution in [0.3, 0.4) is 0 Å². The van der Waals surface area contributed by atoms with E-state index in [2.05, 4.69) is 5.32 Å². The summed E-state index contributed by atoms with van der Waals surface area (Å²) in [5.41, 5.74) is 0.182. The predicted octanol–water partition coefficient (Wildman–Crippen LogP) is 3.17. The van der Waals surface area contributed by atoms with Crippen molar-refractivity contribution in [3.05, 3.63) is 52.2 Å². The number of thiophene rings is 1. The van der Waals surface area contributed by atoms with Crippen molar-refractivity contribution in [1.82, 2.24) is 0 Å². The first-order valence-electron chi connectivity index (χ1n) is 5.07. The van der Waals surface area contributed by atoms with Crippen LogP contribution in [0.4, 0.5) is 14.5 Å². The Kier molecular flexibility index (Phi) is 3.71. The second-order valence-electron chi connectivity index (χ2n) is 3.54. The van der Waals surface area contributed by atoms with Crippen LogP contribution in [0.15, 0.2) is 35.7 Å². The van der Waals surface area contributed by atoms with Crippen LogP contribution in [0.25, 0.3) is 0 Å². The zero-order chi connectivity index (χ0) is 12.3. The summed E-state index contributed by atoms with van der Waals surface area (Å²) >= 11 is 1.43. The van der Waals surface area contributed by atoms with Crippen LogP contribution in [0.2, 0.25) is 0 Å².